The lowest BCUT2D eigenvalue weighted by molar-refractivity contribution is 1.16. The van der Waals surface area contributed by atoms with E-state index in [1.807, 2.05) is 6.20 Å². The third-order valence-corrected chi connectivity index (χ3v) is 5.96. The molecule has 0 saturated carbocycles. The van der Waals surface area contributed by atoms with Gasteiger partial charge in [-0.2, -0.15) is 0 Å². The van der Waals surface area contributed by atoms with E-state index in [1.54, 1.807) is 23.1 Å². The Morgan fingerprint density at radius 1 is 1.08 bits per heavy atom. The van der Waals surface area contributed by atoms with Crippen molar-refractivity contribution in [2.24, 2.45) is 0 Å². The molecule has 3 aromatic heterocycles. The maximum absolute atomic E-state index is 4.74. The molecule has 0 spiro atoms. The molecule has 0 N–H and O–H groups in total. The van der Waals surface area contributed by atoms with Gasteiger partial charge in [-0.1, -0.05) is 47.7 Å². The molecule has 3 heterocycles. The van der Waals surface area contributed by atoms with Gasteiger partial charge in [-0.05, 0) is 25.5 Å². The Kier molecular flexibility index (Phi) is 4.12. The third-order valence-electron chi connectivity index (χ3n) is 3.90. The van der Waals surface area contributed by atoms with E-state index in [0.717, 1.165) is 27.1 Å². The second-order valence-electron chi connectivity index (χ2n) is 5.81. The molecule has 3 nitrogen and oxygen atoms in total. The van der Waals surface area contributed by atoms with Crippen molar-refractivity contribution in [1.82, 2.24) is 14.4 Å². The first-order valence-electron chi connectivity index (χ1n) is 7.77. The molecule has 0 aliphatic carbocycles. The van der Waals surface area contributed by atoms with Crippen LogP contribution in [0.3, 0.4) is 0 Å². The number of aryl methyl sites for hydroxylation is 2. The zero-order valence-electron chi connectivity index (χ0n) is 13.6. The summed E-state index contributed by atoms with van der Waals surface area (Å²) in [5, 5.41) is 2.13. The Morgan fingerprint density at radius 2 is 1.92 bits per heavy atom. The number of thiazole rings is 1. The van der Waals surface area contributed by atoms with Gasteiger partial charge in [0.1, 0.15) is 5.65 Å². The zero-order valence-corrected chi connectivity index (χ0v) is 15.2. The van der Waals surface area contributed by atoms with Gasteiger partial charge in [-0.25, -0.2) is 9.97 Å². The van der Waals surface area contributed by atoms with Crippen LogP contribution < -0.4 is 0 Å². The van der Waals surface area contributed by atoms with Crippen LogP contribution >= 0.6 is 23.1 Å². The van der Waals surface area contributed by atoms with Gasteiger partial charge in [-0.15, -0.1) is 11.3 Å². The van der Waals surface area contributed by atoms with Crippen molar-refractivity contribution >= 4 is 28.7 Å². The van der Waals surface area contributed by atoms with Crippen LogP contribution in [-0.4, -0.2) is 14.4 Å². The van der Waals surface area contributed by atoms with E-state index < -0.39 is 0 Å². The molecular weight excluding hydrogens is 334 g/mol. The van der Waals surface area contributed by atoms with E-state index in [4.69, 9.17) is 9.97 Å². The van der Waals surface area contributed by atoms with Gasteiger partial charge in [0.15, 0.2) is 4.34 Å². The van der Waals surface area contributed by atoms with Crippen molar-refractivity contribution in [2.45, 2.75) is 23.9 Å². The Balaban J connectivity index is 1.49. The maximum Gasteiger partial charge on any atom is 0.150 e. The largest absolute Gasteiger partial charge is 0.307 e. The van der Waals surface area contributed by atoms with Crippen LogP contribution in [0.1, 0.15) is 16.8 Å². The first-order chi connectivity index (χ1) is 11.7. The quantitative estimate of drug-likeness (QED) is 0.463. The van der Waals surface area contributed by atoms with Crippen LogP contribution in [-0.2, 0) is 5.75 Å². The number of hydrogen-bond donors (Lipinski definition) is 0. The monoisotopic (exact) mass is 351 g/mol. The van der Waals surface area contributed by atoms with E-state index in [9.17, 15) is 0 Å². The van der Waals surface area contributed by atoms with Gasteiger partial charge in [0, 0.05) is 29.1 Å². The van der Waals surface area contributed by atoms with E-state index >= 15 is 0 Å². The number of rotatable bonds is 4. The highest BCUT2D eigenvalue weighted by Crippen LogP contribution is 2.30. The summed E-state index contributed by atoms with van der Waals surface area (Å²) in [6, 6.07) is 12.7. The Labute approximate surface area is 149 Å². The van der Waals surface area contributed by atoms with E-state index in [0.29, 0.717) is 0 Å². The highest BCUT2D eigenvalue weighted by Gasteiger charge is 2.08. The highest BCUT2D eigenvalue weighted by atomic mass is 32.2. The molecule has 1 aromatic carbocycles. The van der Waals surface area contributed by atoms with Crippen LogP contribution in [0.5, 0.6) is 0 Å². The Bertz CT molecular complexity index is 983. The standard InChI is InChI=1S/C19H17N3S2/c1-13-5-7-15(8-6-13)17-12-24-19(21-17)23-11-16-10-22-9-3-4-14(2)18(22)20-16/h3-10,12H,11H2,1-2H3. The molecule has 4 aromatic rings. The lowest BCUT2D eigenvalue weighted by Gasteiger charge is -1.97. The first-order valence-corrected chi connectivity index (χ1v) is 9.64. The number of benzene rings is 1. The minimum Gasteiger partial charge on any atom is -0.307 e. The molecule has 4 rings (SSSR count). The molecule has 0 atom stereocenters. The summed E-state index contributed by atoms with van der Waals surface area (Å²) in [5.74, 6) is 0.835. The molecule has 0 unspecified atom stereocenters. The van der Waals surface area contributed by atoms with E-state index in [2.05, 4.69) is 66.2 Å². The second-order valence-corrected chi connectivity index (χ2v) is 7.89. The highest BCUT2D eigenvalue weighted by molar-refractivity contribution is 8.00. The Hall–Kier alpha value is -2.11. The molecule has 0 bridgehead atoms. The fraction of sp³-hybridized carbons (Fsp3) is 0.158. The zero-order chi connectivity index (χ0) is 16.5. The average molecular weight is 352 g/mol. The van der Waals surface area contributed by atoms with Crippen LogP contribution in [0, 0.1) is 13.8 Å². The lowest BCUT2D eigenvalue weighted by atomic mass is 10.1. The molecule has 5 heteroatoms. The summed E-state index contributed by atoms with van der Waals surface area (Å²) in [7, 11) is 0. The lowest BCUT2D eigenvalue weighted by Crippen LogP contribution is -1.84. The molecular formula is C19H17N3S2. The van der Waals surface area contributed by atoms with Crippen molar-refractivity contribution in [1.29, 1.82) is 0 Å². The summed E-state index contributed by atoms with van der Waals surface area (Å²) < 4.78 is 3.17. The maximum atomic E-state index is 4.74. The molecule has 0 fully saturated rings. The van der Waals surface area contributed by atoms with Crippen LogP contribution in [0.2, 0.25) is 0 Å². The average Bonchev–Trinajstić information content (AvgIpc) is 3.21. The predicted molar refractivity (Wildman–Crippen MR) is 102 cm³/mol. The van der Waals surface area contributed by atoms with Crippen molar-refractivity contribution in [3.63, 3.8) is 0 Å². The fourth-order valence-corrected chi connectivity index (χ4v) is 4.31. The molecule has 120 valence electrons. The van der Waals surface area contributed by atoms with Crippen molar-refractivity contribution in [2.75, 3.05) is 0 Å². The molecule has 0 aliphatic rings. The van der Waals surface area contributed by atoms with Crippen LogP contribution in [0.25, 0.3) is 16.9 Å². The van der Waals surface area contributed by atoms with E-state index in [1.165, 1.54) is 16.7 Å². The minimum absolute atomic E-state index is 0.835. The van der Waals surface area contributed by atoms with Crippen molar-refractivity contribution in [3.8, 4) is 11.3 Å². The molecule has 0 saturated heterocycles. The van der Waals surface area contributed by atoms with Gasteiger partial charge in [-0.3, -0.25) is 0 Å². The normalized spacial score (nSPS) is 11.2. The molecule has 24 heavy (non-hydrogen) atoms. The molecule has 0 radical (unpaired) electrons. The second kappa shape index (κ2) is 6.42. The van der Waals surface area contributed by atoms with Gasteiger partial charge in [0.05, 0.1) is 11.4 Å². The number of aromatic nitrogens is 3. The van der Waals surface area contributed by atoms with Gasteiger partial charge in [0.2, 0.25) is 0 Å². The van der Waals surface area contributed by atoms with Crippen molar-refractivity contribution in [3.05, 3.63) is 71.0 Å². The fourth-order valence-electron chi connectivity index (χ4n) is 2.59. The molecule has 0 aliphatic heterocycles. The molecule has 0 amide bonds. The van der Waals surface area contributed by atoms with Gasteiger partial charge >= 0.3 is 0 Å². The Morgan fingerprint density at radius 3 is 2.71 bits per heavy atom. The third kappa shape index (κ3) is 3.09. The summed E-state index contributed by atoms with van der Waals surface area (Å²) in [6.45, 7) is 4.19. The number of fused-ring (bicyclic) bond motifs is 1. The van der Waals surface area contributed by atoms with Gasteiger partial charge < -0.3 is 4.40 Å². The topological polar surface area (TPSA) is 30.2 Å². The van der Waals surface area contributed by atoms with Crippen LogP contribution in [0.15, 0.2) is 58.5 Å². The summed E-state index contributed by atoms with van der Waals surface area (Å²) in [4.78, 5) is 9.46. The number of hydrogen-bond acceptors (Lipinski definition) is 4. The van der Waals surface area contributed by atoms with Crippen molar-refractivity contribution < 1.29 is 0 Å². The first kappa shape index (κ1) is 15.4. The summed E-state index contributed by atoms with van der Waals surface area (Å²) in [5.41, 5.74) is 6.81. The minimum atomic E-state index is 0.835. The summed E-state index contributed by atoms with van der Waals surface area (Å²) in [6.07, 6.45) is 4.15. The smallest absolute Gasteiger partial charge is 0.150 e. The van der Waals surface area contributed by atoms with Gasteiger partial charge in [0.25, 0.3) is 0 Å². The van der Waals surface area contributed by atoms with E-state index in [-0.39, 0.29) is 0 Å². The number of imidazole rings is 1. The summed E-state index contributed by atoms with van der Waals surface area (Å²) >= 11 is 3.44. The number of pyridine rings is 1. The number of thioether (sulfide) groups is 1. The van der Waals surface area contributed by atoms with Crippen LogP contribution in [0.4, 0.5) is 0 Å². The number of nitrogens with zero attached hydrogens (tertiary/aromatic N) is 3. The SMILES string of the molecule is Cc1ccc(-c2csc(SCc3cn4cccc(C)c4n3)n2)cc1. The predicted octanol–water partition coefficient (Wildman–Crippen LogP) is 5.37.